The number of imidazole rings is 1. The number of hydrogen-bond donors (Lipinski definition) is 4. The van der Waals surface area contributed by atoms with Crippen molar-refractivity contribution in [1.82, 2.24) is 35.4 Å². The molecule has 9 rings (SSSR count). The number of hydrogen-bond acceptors (Lipinski definition) is 9. The Morgan fingerprint density at radius 1 is 0.661 bits per heavy atom. The number of ether oxygens (including phenoxy) is 2. The minimum atomic E-state index is -0.685. The molecule has 0 aliphatic carbocycles. The van der Waals surface area contributed by atoms with Crippen LogP contribution in [0.3, 0.4) is 0 Å². The van der Waals surface area contributed by atoms with Crippen molar-refractivity contribution in [3.63, 3.8) is 0 Å². The van der Waals surface area contributed by atoms with E-state index in [2.05, 4.69) is 81.3 Å². The molecule has 0 unspecified atom stereocenters. The highest BCUT2D eigenvalue weighted by atomic mass is 32.1. The Morgan fingerprint density at radius 2 is 1.19 bits per heavy atom. The second-order valence-electron chi connectivity index (χ2n) is 17.1. The maximum atomic E-state index is 13.7. The molecule has 62 heavy (non-hydrogen) atoms. The van der Waals surface area contributed by atoms with Crippen LogP contribution in [0.25, 0.3) is 63.0 Å². The summed E-state index contributed by atoms with van der Waals surface area (Å²) in [5.74, 6) is 0.351. The monoisotopic (exact) mass is 873 g/mol. The molecule has 2 aliphatic rings. The van der Waals surface area contributed by atoms with E-state index in [1.54, 1.807) is 22.7 Å². The number of nitrogens with zero attached hydrogens (tertiary/aromatic N) is 3. The van der Waals surface area contributed by atoms with E-state index in [0.717, 1.165) is 75.1 Å². The number of carbonyl (C=O) groups is 4. The lowest BCUT2D eigenvalue weighted by atomic mass is 10.0. The Balaban J connectivity index is 0.929. The largest absolute Gasteiger partial charge is 0.453 e. The molecule has 0 radical (unpaired) electrons. The summed E-state index contributed by atoms with van der Waals surface area (Å²) in [5.41, 5.74) is 6.02. The lowest BCUT2D eigenvalue weighted by Crippen LogP contribution is -2.51. The molecule has 0 bridgehead atoms. The van der Waals surface area contributed by atoms with Gasteiger partial charge in [0.15, 0.2) is 0 Å². The van der Waals surface area contributed by atoms with Crippen molar-refractivity contribution >= 4 is 88.8 Å². The number of methoxy groups -OCH3 is 2. The summed E-state index contributed by atoms with van der Waals surface area (Å²) in [4.78, 5) is 69.7. The van der Waals surface area contributed by atoms with Crippen LogP contribution in [0.5, 0.6) is 0 Å². The molecule has 4 N–H and O–H groups in total. The van der Waals surface area contributed by atoms with Crippen LogP contribution in [-0.4, -0.2) is 88.1 Å². The van der Waals surface area contributed by atoms with Crippen molar-refractivity contribution in [3.05, 3.63) is 78.2 Å². The van der Waals surface area contributed by atoms with Gasteiger partial charge in [-0.3, -0.25) is 9.59 Å². The summed E-state index contributed by atoms with van der Waals surface area (Å²) in [6.07, 6.45) is 2.17. The van der Waals surface area contributed by atoms with Gasteiger partial charge in [0.2, 0.25) is 11.8 Å². The lowest BCUT2D eigenvalue weighted by Gasteiger charge is -2.30. The highest BCUT2D eigenvalue weighted by Gasteiger charge is 2.39. The van der Waals surface area contributed by atoms with Crippen LogP contribution in [0.1, 0.15) is 77.0 Å². The van der Waals surface area contributed by atoms with Crippen LogP contribution < -0.4 is 10.6 Å². The normalized spacial score (nSPS) is 17.8. The topological polar surface area (TPSA) is 162 Å². The molecule has 15 heteroatoms. The van der Waals surface area contributed by atoms with Gasteiger partial charge >= 0.3 is 12.2 Å². The first-order valence-electron chi connectivity index (χ1n) is 21.3. The first-order valence-corrected chi connectivity index (χ1v) is 22.9. The van der Waals surface area contributed by atoms with E-state index in [9.17, 15) is 19.2 Å². The summed E-state index contributed by atoms with van der Waals surface area (Å²) < 4.78 is 12.0. The fraction of sp³-hybridized carbons (Fsp3) is 0.383. The Bertz CT molecular complexity index is 2620. The van der Waals surface area contributed by atoms with Crippen LogP contribution >= 0.6 is 22.7 Å². The van der Waals surface area contributed by atoms with E-state index in [0.29, 0.717) is 13.1 Å². The lowest BCUT2D eigenvalue weighted by molar-refractivity contribution is -0.136. The molecule has 4 atom stereocenters. The summed E-state index contributed by atoms with van der Waals surface area (Å²) in [7, 11) is 2.61. The van der Waals surface area contributed by atoms with Crippen LogP contribution in [0.2, 0.25) is 0 Å². The standard InChI is InChI=1S/C47H51N7O6S2/c1-24(2)41(51-46(57)59-5)44(55)53-15-7-9-35(53)34-17-26-11-12-27(18-32(26)48-34)37-20-29-22-40-30(23-39(29)61-37)21-38(62-40)28-13-14-31-33(19-28)50-43(49-31)36-10-8-16-54(36)45(56)42(25(3)4)52-47(58)60-6/h11-14,17-25,35-36,41-42,48H,7-10,15-16H2,1-6H3,(H,49,50)(H,51,57)(H,52,58)/t35-,36-,41-,42-/m0/s1. The quantitative estimate of drug-likeness (QED) is 0.106. The SMILES string of the molecule is COC(=O)N[C@H](C(=O)N1CCC[C@H]1c1cc2ccc(-c3cc4cc5sc(-c6ccc7nc([C@@H]8CCCN8C(=O)[C@@H](NC(=O)OC)C(C)C)[nH]c7c6)cc5cc4s3)cc2[nH]1)C(C)C. The van der Waals surface area contributed by atoms with Crippen molar-refractivity contribution in [2.75, 3.05) is 27.3 Å². The number of rotatable bonds is 10. The Kier molecular flexibility index (Phi) is 11.2. The molecule has 13 nitrogen and oxygen atoms in total. The number of amides is 4. The molecular formula is C47H51N7O6S2. The van der Waals surface area contributed by atoms with Gasteiger partial charge in [0.1, 0.15) is 17.9 Å². The number of aromatic amines is 2. The van der Waals surface area contributed by atoms with Crippen LogP contribution in [0, 0.1) is 11.8 Å². The zero-order chi connectivity index (χ0) is 43.4. The van der Waals surface area contributed by atoms with E-state index >= 15 is 0 Å². The molecule has 0 spiro atoms. The fourth-order valence-electron chi connectivity index (χ4n) is 9.10. The third-order valence-electron chi connectivity index (χ3n) is 12.4. The number of fused-ring (bicyclic) bond motifs is 4. The number of thiophene rings is 2. The average molecular weight is 874 g/mol. The molecular weight excluding hydrogens is 823 g/mol. The van der Waals surface area contributed by atoms with Gasteiger partial charge < -0.3 is 39.9 Å². The maximum Gasteiger partial charge on any atom is 0.407 e. The number of carbonyl (C=O) groups excluding carboxylic acids is 4. The molecule has 4 aromatic heterocycles. The highest BCUT2D eigenvalue weighted by Crippen LogP contribution is 2.42. The summed E-state index contributed by atoms with van der Waals surface area (Å²) in [6.45, 7) is 8.93. The first kappa shape index (κ1) is 41.4. The van der Waals surface area contributed by atoms with E-state index < -0.39 is 24.3 Å². The van der Waals surface area contributed by atoms with Crippen LogP contribution in [0.15, 0.2) is 66.7 Å². The molecule has 0 saturated carbocycles. The number of H-pyrrole nitrogens is 2. The Morgan fingerprint density at radius 3 is 1.76 bits per heavy atom. The second-order valence-corrected chi connectivity index (χ2v) is 19.3. The molecule has 2 fully saturated rings. The molecule has 2 aliphatic heterocycles. The number of alkyl carbamates (subject to hydrolysis) is 2. The smallest absolute Gasteiger partial charge is 0.407 e. The summed E-state index contributed by atoms with van der Waals surface area (Å²) in [6, 6.07) is 22.4. The van der Waals surface area contributed by atoms with E-state index in [1.807, 2.05) is 43.6 Å². The summed E-state index contributed by atoms with van der Waals surface area (Å²) >= 11 is 3.55. The summed E-state index contributed by atoms with van der Waals surface area (Å²) in [5, 5.41) is 8.95. The molecule has 322 valence electrons. The zero-order valence-electron chi connectivity index (χ0n) is 35.7. The van der Waals surface area contributed by atoms with Crippen molar-refractivity contribution in [2.45, 2.75) is 77.5 Å². The number of likely N-dealkylation sites (tertiary alicyclic amines) is 2. The van der Waals surface area contributed by atoms with Gasteiger partial charge in [-0.2, -0.15) is 0 Å². The second kappa shape index (κ2) is 16.7. The zero-order valence-corrected chi connectivity index (χ0v) is 37.3. The third kappa shape index (κ3) is 7.76. The predicted molar refractivity (Wildman–Crippen MR) is 245 cm³/mol. The first-order chi connectivity index (χ1) is 29.9. The van der Waals surface area contributed by atoms with Crippen molar-refractivity contribution < 1.29 is 28.7 Å². The van der Waals surface area contributed by atoms with Gasteiger partial charge in [0, 0.05) is 43.5 Å². The number of benzene rings is 3. The Hall–Kier alpha value is -5.93. The maximum absolute atomic E-state index is 13.7. The third-order valence-corrected chi connectivity index (χ3v) is 14.7. The van der Waals surface area contributed by atoms with Crippen LogP contribution in [0.4, 0.5) is 9.59 Å². The molecule has 2 saturated heterocycles. The van der Waals surface area contributed by atoms with Crippen molar-refractivity contribution in [2.24, 2.45) is 11.8 Å². The van der Waals surface area contributed by atoms with Crippen molar-refractivity contribution in [3.8, 4) is 20.9 Å². The average Bonchev–Trinajstić information content (AvgIpc) is 4.12. The van der Waals surface area contributed by atoms with Gasteiger partial charge in [-0.05, 0) is 113 Å². The van der Waals surface area contributed by atoms with Gasteiger partial charge in [-0.1, -0.05) is 45.9 Å². The minimum absolute atomic E-state index is 0.0844. The van der Waals surface area contributed by atoms with E-state index in [1.165, 1.54) is 39.3 Å². The van der Waals surface area contributed by atoms with E-state index in [4.69, 9.17) is 14.5 Å². The molecule has 4 amide bonds. The highest BCUT2D eigenvalue weighted by molar-refractivity contribution is 7.23. The van der Waals surface area contributed by atoms with Gasteiger partial charge in [-0.15, -0.1) is 22.7 Å². The van der Waals surface area contributed by atoms with Crippen LogP contribution in [-0.2, 0) is 19.1 Å². The molecule has 7 aromatic rings. The molecule has 3 aromatic carbocycles. The molecule has 6 heterocycles. The fourth-order valence-corrected chi connectivity index (χ4v) is 11.3. The Labute approximate surface area is 367 Å². The van der Waals surface area contributed by atoms with E-state index in [-0.39, 0.29) is 35.7 Å². The predicted octanol–water partition coefficient (Wildman–Crippen LogP) is 9.90. The van der Waals surface area contributed by atoms with Crippen molar-refractivity contribution in [1.29, 1.82) is 0 Å². The number of nitrogens with one attached hydrogen (secondary N) is 4. The minimum Gasteiger partial charge on any atom is -0.453 e. The number of aromatic nitrogens is 3. The van der Waals surface area contributed by atoms with Gasteiger partial charge in [-0.25, -0.2) is 14.6 Å². The van der Waals surface area contributed by atoms with Gasteiger partial charge in [0.05, 0.1) is 37.3 Å². The van der Waals surface area contributed by atoms with Gasteiger partial charge in [0.25, 0.3) is 0 Å².